The van der Waals surface area contributed by atoms with Gasteiger partial charge in [-0.05, 0) is 6.42 Å². The van der Waals surface area contributed by atoms with E-state index in [1.54, 1.807) is 0 Å². The minimum atomic E-state index is -0.731. The van der Waals surface area contributed by atoms with Crippen molar-refractivity contribution in [3.8, 4) is 0 Å². The van der Waals surface area contributed by atoms with Crippen molar-refractivity contribution in [2.45, 2.75) is 12.5 Å². The van der Waals surface area contributed by atoms with Gasteiger partial charge in [0.15, 0.2) is 0 Å². The van der Waals surface area contributed by atoms with Crippen molar-refractivity contribution in [2.24, 2.45) is 5.92 Å². The molecule has 0 aliphatic carbocycles. The maximum Gasteiger partial charge on any atom is 0.314 e. The third kappa shape index (κ3) is 2.35. The summed E-state index contributed by atoms with van der Waals surface area (Å²) in [5.41, 5.74) is 0. The van der Waals surface area contributed by atoms with Crippen LogP contribution in [0.3, 0.4) is 0 Å². The van der Waals surface area contributed by atoms with Crippen LogP contribution in [0.15, 0.2) is 0 Å². The number of aliphatic hydroxyl groups is 2. The summed E-state index contributed by atoms with van der Waals surface area (Å²) >= 11 is 0. The van der Waals surface area contributed by atoms with Crippen molar-refractivity contribution in [2.75, 3.05) is 19.7 Å². The highest BCUT2D eigenvalue weighted by atomic mass is 16.3. The number of aliphatic hydroxyl groups excluding tert-OH is 2. The molecule has 2 amide bonds. The van der Waals surface area contributed by atoms with E-state index >= 15 is 0 Å². The van der Waals surface area contributed by atoms with E-state index in [2.05, 4.69) is 10.6 Å². The smallest absolute Gasteiger partial charge is 0.314 e. The third-order valence-electron chi connectivity index (χ3n) is 2.06. The molecule has 1 aliphatic heterocycles. The Morgan fingerprint density at radius 3 is 3.00 bits per heavy atom. The van der Waals surface area contributed by atoms with Gasteiger partial charge in [0.1, 0.15) is 0 Å². The van der Waals surface area contributed by atoms with Crippen LogP contribution in [0, 0.1) is 5.92 Å². The molecule has 5 heteroatoms. The van der Waals surface area contributed by atoms with Crippen LogP contribution >= 0.6 is 0 Å². The van der Waals surface area contributed by atoms with Crippen LogP contribution in [0.4, 0.5) is 4.79 Å². The first-order chi connectivity index (χ1) is 5.74. The molecule has 1 rings (SSSR count). The first-order valence-corrected chi connectivity index (χ1v) is 4.04. The van der Waals surface area contributed by atoms with E-state index in [1.807, 2.05) is 0 Å². The molecule has 0 saturated carbocycles. The van der Waals surface area contributed by atoms with Gasteiger partial charge in [-0.2, -0.15) is 0 Å². The lowest BCUT2D eigenvalue weighted by molar-refractivity contribution is 0.0467. The molecule has 0 aromatic carbocycles. The number of urea groups is 1. The molecular weight excluding hydrogens is 160 g/mol. The Balaban J connectivity index is 2.40. The zero-order valence-electron chi connectivity index (χ0n) is 6.79. The fourth-order valence-electron chi connectivity index (χ4n) is 1.24. The van der Waals surface area contributed by atoms with Crippen LogP contribution < -0.4 is 10.6 Å². The number of hydrogen-bond acceptors (Lipinski definition) is 3. The van der Waals surface area contributed by atoms with Crippen molar-refractivity contribution < 1.29 is 15.0 Å². The summed E-state index contributed by atoms with van der Waals surface area (Å²) in [4.78, 5) is 10.8. The number of carbonyl (C=O) groups excluding carboxylic acids is 1. The normalized spacial score (nSPS) is 26.8. The molecule has 0 radical (unpaired) electrons. The maximum atomic E-state index is 10.8. The molecule has 1 fully saturated rings. The van der Waals surface area contributed by atoms with E-state index in [0.29, 0.717) is 19.5 Å². The van der Waals surface area contributed by atoms with Gasteiger partial charge < -0.3 is 20.8 Å². The van der Waals surface area contributed by atoms with Crippen LogP contribution in [0.1, 0.15) is 6.42 Å². The Morgan fingerprint density at radius 1 is 1.58 bits per heavy atom. The fourth-order valence-corrected chi connectivity index (χ4v) is 1.24. The average Bonchev–Trinajstić information content (AvgIpc) is 2.29. The second-order valence-electron chi connectivity index (χ2n) is 2.94. The quantitative estimate of drug-likeness (QED) is 0.418. The average molecular weight is 174 g/mol. The first kappa shape index (κ1) is 9.28. The highest BCUT2D eigenvalue weighted by molar-refractivity contribution is 5.74. The van der Waals surface area contributed by atoms with Crippen LogP contribution in [-0.2, 0) is 0 Å². The predicted molar refractivity (Wildman–Crippen MR) is 42.6 cm³/mol. The number of nitrogens with one attached hydrogen (secondary N) is 2. The Hall–Kier alpha value is -0.810. The molecule has 70 valence electrons. The number of amides is 2. The molecule has 0 bridgehead atoms. The van der Waals surface area contributed by atoms with Crippen molar-refractivity contribution in [3.63, 3.8) is 0 Å². The van der Waals surface area contributed by atoms with E-state index < -0.39 is 6.10 Å². The van der Waals surface area contributed by atoms with Crippen LogP contribution in [0.25, 0.3) is 0 Å². The topological polar surface area (TPSA) is 81.6 Å². The lowest BCUT2D eigenvalue weighted by Crippen LogP contribution is -2.36. The highest BCUT2D eigenvalue weighted by Crippen LogP contribution is 2.08. The number of hydrogen-bond donors (Lipinski definition) is 4. The molecule has 5 nitrogen and oxygen atoms in total. The Labute approximate surface area is 70.8 Å². The van der Waals surface area contributed by atoms with Crippen molar-refractivity contribution in [3.05, 3.63) is 0 Å². The molecular formula is C7H14N2O3. The molecule has 0 aromatic heterocycles. The molecule has 2 atom stereocenters. The molecule has 1 aliphatic rings. The summed E-state index contributed by atoms with van der Waals surface area (Å²) in [7, 11) is 0. The van der Waals surface area contributed by atoms with Crippen molar-refractivity contribution in [1.29, 1.82) is 0 Å². The fraction of sp³-hybridized carbons (Fsp3) is 0.857. The Bertz CT molecular complexity index is 163. The van der Waals surface area contributed by atoms with Gasteiger partial charge in [-0.25, -0.2) is 4.79 Å². The second-order valence-corrected chi connectivity index (χ2v) is 2.94. The summed E-state index contributed by atoms with van der Waals surface area (Å²) < 4.78 is 0. The minimum Gasteiger partial charge on any atom is -0.394 e. The van der Waals surface area contributed by atoms with Gasteiger partial charge in [0.05, 0.1) is 12.7 Å². The first-order valence-electron chi connectivity index (χ1n) is 4.04. The highest BCUT2D eigenvalue weighted by Gasteiger charge is 2.21. The SMILES string of the molecule is O=C1NCCC(C(O)CO)CN1. The number of carbonyl (C=O) groups is 1. The molecule has 0 spiro atoms. The molecule has 0 aromatic rings. The summed E-state index contributed by atoms with van der Waals surface area (Å²) in [6, 6.07) is -0.206. The van der Waals surface area contributed by atoms with E-state index in [4.69, 9.17) is 5.11 Å². The summed E-state index contributed by atoms with van der Waals surface area (Å²) in [6.45, 7) is 0.724. The second kappa shape index (κ2) is 4.27. The predicted octanol–water partition coefficient (Wildman–Crippen LogP) is -1.34. The van der Waals surface area contributed by atoms with Crippen molar-refractivity contribution >= 4 is 6.03 Å². The largest absolute Gasteiger partial charge is 0.394 e. The molecule has 4 N–H and O–H groups in total. The summed E-state index contributed by atoms with van der Waals surface area (Å²) in [5, 5.41) is 23.1. The summed E-state index contributed by atoms with van der Waals surface area (Å²) in [5.74, 6) is -0.0473. The third-order valence-corrected chi connectivity index (χ3v) is 2.06. The van der Waals surface area contributed by atoms with Gasteiger partial charge in [0, 0.05) is 19.0 Å². The van der Waals surface area contributed by atoms with E-state index in [-0.39, 0.29) is 18.6 Å². The van der Waals surface area contributed by atoms with E-state index in [0.717, 1.165) is 0 Å². The molecule has 12 heavy (non-hydrogen) atoms. The van der Waals surface area contributed by atoms with Crippen LogP contribution in [-0.4, -0.2) is 42.0 Å². The van der Waals surface area contributed by atoms with Gasteiger partial charge >= 0.3 is 6.03 Å². The van der Waals surface area contributed by atoms with Crippen molar-refractivity contribution in [1.82, 2.24) is 10.6 Å². The number of rotatable bonds is 2. The van der Waals surface area contributed by atoms with E-state index in [9.17, 15) is 9.90 Å². The lowest BCUT2D eigenvalue weighted by Gasteiger charge is -2.17. The lowest BCUT2D eigenvalue weighted by atomic mass is 9.99. The maximum absolute atomic E-state index is 10.8. The van der Waals surface area contributed by atoms with Gasteiger partial charge in [-0.3, -0.25) is 0 Å². The molecule has 2 unspecified atom stereocenters. The van der Waals surface area contributed by atoms with Crippen LogP contribution in [0.5, 0.6) is 0 Å². The van der Waals surface area contributed by atoms with E-state index in [1.165, 1.54) is 0 Å². The minimum absolute atomic E-state index is 0.0473. The summed E-state index contributed by atoms with van der Waals surface area (Å²) in [6.07, 6.45) is -0.0364. The molecule has 1 heterocycles. The van der Waals surface area contributed by atoms with Gasteiger partial charge in [0.25, 0.3) is 0 Å². The van der Waals surface area contributed by atoms with Gasteiger partial charge in [0.2, 0.25) is 0 Å². The van der Waals surface area contributed by atoms with Crippen LogP contribution in [0.2, 0.25) is 0 Å². The Morgan fingerprint density at radius 2 is 2.33 bits per heavy atom. The van der Waals surface area contributed by atoms with Gasteiger partial charge in [-0.15, -0.1) is 0 Å². The zero-order chi connectivity index (χ0) is 8.97. The Kier molecular flexibility index (Phi) is 3.31. The molecule has 1 saturated heterocycles. The van der Waals surface area contributed by atoms with Gasteiger partial charge in [-0.1, -0.05) is 0 Å². The monoisotopic (exact) mass is 174 g/mol. The standard InChI is InChI=1S/C7H14N2O3/c10-4-6(11)5-1-2-8-7(12)9-3-5/h5-6,10-11H,1-4H2,(H2,8,9,12). The zero-order valence-corrected chi connectivity index (χ0v) is 6.79.